The van der Waals surface area contributed by atoms with Crippen LogP contribution in [0.5, 0.6) is 0 Å². The molecule has 0 bridgehead atoms. The molecule has 1 N–H and O–H groups in total. The molecule has 0 radical (unpaired) electrons. The molecular weight excluding hydrogens is 387 g/mol. The Kier molecular flexibility index (Phi) is 6.12. The molecule has 150 valence electrons. The molecule has 0 aromatic heterocycles. The van der Waals surface area contributed by atoms with E-state index in [0.717, 1.165) is 58.1 Å². The van der Waals surface area contributed by atoms with Gasteiger partial charge in [-0.05, 0) is 31.7 Å². The number of nitro groups is 1. The second-order valence-corrected chi connectivity index (χ2v) is 7.31. The van der Waals surface area contributed by atoms with Gasteiger partial charge in [-0.3, -0.25) is 10.1 Å². The number of piperidine rings is 1. The van der Waals surface area contributed by atoms with Crippen molar-refractivity contribution < 1.29 is 22.8 Å². The van der Waals surface area contributed by atoms with Crippen molar-refractivity contribution in [2.75, 3.05) is 31.6 Å². The van der Waals surface area contributed by atoms with Gasteiger partial charge in [-0.2, -0.15) is 13.2 Å². The summed E-state index contributed by atoms with van der Waals surface area (Å²) in [7, 11) is 0. The number of ether oxygens (including phenoxy) is 1. The normalized spacial score (nSPS) is 20.6. The first-order valence-corrected chi connectivity index (χ1v) is 9.27. The topological polar surface area (TPSA) is 67.6 Å². The second-order valence-electron chi connectivity index (χ2n) is 6.90. The minimum absolute atomic E-state index is 0.0301. The number of hydrogen-bond donors (Lipinski definition) is 1. The molecule has 0 spiro atoms. The summed E-state index contributed by atoms with van der Waals surface area (Å²) >= 11 is 5.73. The average Bonchev–Trinajstić information content (AvgIpc) is 2.62. The second kappa shape index (κ2) is 8.20. The van der Waals surface area contributed by atoms with Crippen molar-refractivity contribution in [2.24, 2.45) is 0 Å². The Bertz CT molecular complexity index is 688. The van der Waals surface area contributed by atoms with Gasteiger partial charge in [0.1, 0.15) is 5.69 Å². The molecular formula is C17H21ClF3N3O3. The minimum atomic E-state index is -4.74. The number of nitrogens with one attached hydrogen (secondary N) is 1. The fourth-order valence-electron chi connectivity index (χ4n) is 3.72. The first-order chi connectivity index (χ1) is 12.8. The Morgan fingerprint density at radius 1 is 1.19 bits per heavy atom. The molecule has 2 fully saturated rings. The van der Waals surface area contributed by atoms with Crippen molar-refractivity contribution in [3.05, 3.63) is 32.8 Å². The number of rotatable bonds is 4. The molecule has 2 saturated heterocycles. The molecule has 1 aromatic carbocycles. The summed E-state index contributed by atoms with van der Waals surface area (Å²) < 4.78 is 44.3. The Balaban J connectivity index is 1.69. The van der Waals surface area contributed by atoms with Gasteiger partial charge in [0.05, 0.1) is 15.5 Å². The first kappa shape index (κ1) is 20.2. The highest BCUT2D eigenvalue weighted by Crippen LogP contribution is 2.40. The number of hydrogen-bond acceptors (Lipinski definition) is 5. The van der Waals surface area contributed by atoms with Crippen molar-refractivity contribution in [3.63, 3.8) is 0 Å². The molecule has 0 amide bonds. The van der Waals surface area contributed by atoms with Crippen LogP contribution in [-0.4, -0.2) is 48.2 Å². The van der Waals surface area contributed by atoms with Crippen molar-refractivity contribution in [2.45, 2.75) is 43.9 Å². The molecule has 0 unspecified atom stereocenters. The third-order valence-corrected chi connectivity index (χ3v) is 5.50. The van der Waals surface area contributed by atoms with E-state index >= 15 is 0 Å². The molecule has 6 nitrogen and oxygen atoms in total. The van der Waals surface area contributed by atoms with E-state index in [-0.39, 0.29) is 11.7 Å². The molecule has 0 atom stereocenters. The van der Waals surface area contributed by atoms with Crippen molar-refractivity contribution in [1.82, 2.24) is 4.90 Å². The van der Waals surface area contributed by atoms with Gasteiger partial charge in [0.25, 0.3) is 5.69 Å². The summed E-state index contributed by atoms with van der Waals surface area (Å²) in [6.07, 6.45) is -1.23. The third-order valence-electron chi connectivity index (χ3n) is 5.18. The third kappa shape index (κ3) is 4.83. The number of nitro benzene ring substituents is 1. The Hall–Kier alpha value is -1.58. The van der Waals surface area contributed by atoms with E-state index in [2.05, 4.69) is 10.2 Å². The van der Waals surface area contributed by atoms with E-state index < -0.39 is 27.4 Å². The van der Waals surface area contributed by atoms with Gasteiger partial charge < -0.3 is 15.0 Å². The number of nitrogens with zero attached hydrogens (tertiary/aromatic N) is 2. The van der Waals surface area contributed by atoms with Crippen LogP contribution in [0.1, 0.15) is 31.2 Å². The maximum Gasteiger partial charge on any atom is 0.418 e. The Labute approximate surface area is 159 Å². The molecule has 2 aliphatic heterocycles. The molecule has 3 rings (SSSR count). The van der Waals surface area contributed by atoms with E-state index in [0.29, 0.717) is 12.1 Å². The first-order valence-electron chi connectivity index (χ1n) is 8.89. The quantitative estimate of drug-likeness (QED) is 0.594. The van der Waals surface area contributed by atoms with Crippen LogP contribution in [0, 0.1) is 10.1 Å². The van der Waals surface area contributed by atoms with Crippen molar-refractivity contribution in [3.8, 4) is 0 Å². The van der Waals surface area contributed by atoms with Crippen LogP contribution in [0.15, 0.2) is 12.1 Å². The molecule has 0 aliphatic carbocycles. The number of halogens is 4. The zero-order valence-electron chi connectivity index (χ0n) is 14.6. The van der Waals surface area contributed by atoms with Crippen LogP contribution in [0.25, 0.3) is 0 Å². The fourth-order valence-corrected chi connectivity index (χ4v) is 4.00. The number of benzene rings is 1. The summed E-state index contributed by atoms with van der Waals surface area (Å²) in [5, 5.41) is 13.7. The summed E-state index contributed by atoms with van der Waals surface area (Å²) in [5.41, 5.74) is -1.78. The molecule has 2 heterocycles. The maximum atomic E-state index is 13.0. The smallest absolute Gasteiger partial charge is 0.381 e. The fraction of sp³-hybridized carbons (Fsp3) is 0.647. The van der Waals surface area contributed by atoms with Crippen molar-refractivity contribution in [1.29, 1.82) is 0 Å². The lowest BCUT2D eigenvalue weighted by Gasteiger charge is -2.39. The number of likely N-dealkylation sites (tertiary alicyclic amines) is 1. The van der Waals surface area contributed by atoms with Gasteiger partial charge >= 0.3 is 6.18 Å². The number of anilines is 1. The van der Waals surface area contributed by atoms with Gasteiger partial charge in [-0.25, -0.2) is 0 Å². The summed E-state index contributed by atoms with van der Waals surface area (Å²) in [5.74, 6) is 0. The van der Waals surface area contributed by atoms with Gasteiger partial charge in [0.2, 0.25) is 0 Å². The van der Waals surface area contributed by atoms with Gasteiger partial charge in [-0.15, -0.1) is 0 Å². The Morgan fingerprint density at radius 2 is 1.81 bits per heavy atom. The summed E-state index contributed by atoms with van der Waals surface area (Å²) in [6.45, 7) is 3.20. The highest BCUT2D eigenvalue weighted by atomic mass is 35.5. The molecule has 10 heteroatoms. The highest BCUT2D eigenvalue weighted by Gasteiger charge is 2.36. The van der Waals surface area contributed by atoms with Crippen LogP contribution in [-0.2, 0) is 10.9 Å². The molecule has 2 aliphatic rings. The lowest BCUT2D eigenvalue weighted by molar-refractivity contribution is -0.384. The SMILES string of the molecule is O=[N+]([O-])c1cc(C(F)(F)F)c(Cl)cc1NC1CCN(C2CCOCC2)CC1. The molecule has 0 saturated carbocycles. The van der Waals surface area contributed by atoms with Crippen LogP contribution in [0.3, 0.4) is 0 Å². The van der Waals surface area contributed by atoms with E-state index in [1.807, 2.05) is 0 Å². The van der Waals surface area contributed by atoms with Crippen molar-refractivity contribution >= 4 is 23.0 Å². The highest BCUT2D eigenvalue weighted by molar-refractivity contribution is 6.31. The molecule has 1 aromatic rings. The van der Waals surface area contributed by atoms with Gasteiger partial charge in [0.15, 0.2) is 0 Å². The summed E-state index contributed by atoms with van der Waals surface area (Å²) in [4.78, 5) is 12.8. The van der Waals surface area contributed by atoms with E-state index in [4.69, 9.17) is 16.3 Å². The minimum Gasteiger partial charge on any atom is -0.381 e. The maximum absolute atomic E-state index is 13.0. The standard InChI is InChI=1S/C17H21ClF3N3O3/c18-14-10-15(16(24(25)26)9-13(14)17(19,20)21)22-11-1-5-23(6-2-11)12-3-7-27-8-4-12/h9-12,22H,1-8H2. The lowest BCUT2D eigenvalue weighted by atomic mass is 9.99. The van der Waals surface area contributed by atoms with E-state index in [9.17, 15) is 23.3 Å². The lowest BCUT2D eigenvalue weighted by Crippen LogP contribution is -2.46. The van der Waals surface area contributed by atoms with Crippen LogP contribution in [0.4, 0.5) is 24.5 Å². The predicted octanol–water partition coefficient (Wildman–Crippen LogP) is 4.32. The van der Waals surface area contributed by atoms with Crippen LogP contribution in [0.2, 0.25) is 5.02 Å². The van der Waals surface area contributed by atoms with Crippen LogP contribution < -0.4 is 5.32 Å². The van der Waals surface area contributed by atoms with Crippen LogP contribution >= 0.6 is 11.6 Å². The largest absolute Gasteiger partial charge is 0.418 e. The Morgan fingerprint density at radius 3 is 2.37 bits per heavy atom. The van der Waals surface area contributed by atoms with E-state index in [1.54, 1.807) is 0 Å². The van der Waals surface area contributed by atoms with Gasteiger partial charge in [0, 0.05) is 44.5 Å². The zero-order valence-corrected chi connectivity index (χ0v) is 15.4. The monoisotopic (exact) mass is 407 g/mol. The van der Waals surface area contributed by atoms with Gasteiger partial charge in [-0.1, -0.05) is 11.6 Å². The zero-order chi connectivity index (χ0) is 19.6. The summed E-state index contributed by atoms with van der Waals surface area (Å²) in [6, 6.07) is 1.96. The average molecular weight is 408 g/mol. The predicted molar refractivity (Wildman–Crippen MR) is 95.2 cm³/mol. The van der Waals surface area contributed by atoms with E-state index in [1.165, 1.54) is 0 Å². The molecule has 27 heavy (non-hydrogen) atoms. The number of alkyl halides is 3.